The predicted molar refractivity (Wildman–Crippen MR) is 59.3 cm³/mol. The van der Waals surface area contributed by atoms with Crippen molar-refractivity contribution < 1.29 is 33.4 Å². The molecular formula is C7H13N2O6P2+. The van der Waals surface area contributed by atoms with Crippen LogP contribution in [0.4, 0.5) is 0 Å². The van der Waals surface area contributed by atoms with E-state index in [0.717, 1.165) is 4.68 Å². The van der Waals surface area contributed by atoms with Gasteiger partial charge in [-0.2, -0.15) is 5.43 Å². The van der Waals surface area contributed by atoms with E-state index >= 15 is 0 Å². The van der Waals surface area contributed by atoms with Crippen molar-refractivity contribution in [2.24, 2.45) is 0 Å². The van der Waals surface area contributed by atoms with Gasteiger partial charge >= 0.3 is 20.6 Å². The molecule has 0 aromatic carbocycles. The van der Waals surface area contributed by atoms with Gasteiger partial charge in [-0.05, 0) is 13.0 Å². The van der Waals surface area contributed by atoms with E-state index in [1.165, 1.54) is 18.3 Å². The van der Waals surface area contributed by atoms with E-state index in [0.29, 0.717) is 5.56 Å². The second kappa shape index (κ2) is 4.86. The van der Waals surface area contributed by atoms with Crippen LogP contribution in [0.15, 0.2) is 18.3 Å². The van der Waals surface area contributed by atoms with E-state index in [2.05, 4.69) is 5.43 Å². The first-order valence-electron chi connectivity index (χ1n) is 4.46. The van der Waals surface area contributed by atoms with Crippen molar-refractivity contribution in [3.05, 3.63) is 23.9 Å². The lowest BCUT2D eigenvalue weighted by Gasteiger charge is -2.07. The molecule has 10 heteroatoms. The van der Waals surface area contributed by atoms with Gasteiger partial charge in [0.25, 0.3) is 0 Å². The van der Waals surface area contributed by atoms with E-state index in [4.69, 9.17) is 19.6 Å². The van der Waals surface area contributed by atoms with Crippen LogP contribution in [-0.2, 0) is 9.13 Å². The van der Waals surface area contributed by atoms with Gasteiger partial charge in [0.05, 0.1) is 0 Å². The zero-order chi connectivity index (χ0) is 13.3. The Labute approximate surface area is 97.2 Å². The average Bonchev–Trinajstić information content (AvgIpc) is 2.11. The lowest BCUT2D eigenvalue weighted by molar-refractivity contribution is -0.631. The maximum absolute atomic E-state index is 11.1. The van der Waals surface area contributed by atoms with Gasteiger partial charge in [0.2, 0.25) is 6.20 Å². The fourth-order valence-electron chi connectivity index (χ4n) is 1.13. The number of hydrogen-bond acceptors (Lipinski definition) is 3. The first-order valence-corrected chi connectivity index (χ1v) is 7.87. The Hall–Kier alpha value is -0.750. The molecule has 1 aromatic rings. The maximum Gasteiger partial charge on any atom is 0.422 e. The summed E-state index contributed by atoms with van der Waals surface area (Å²) >= 11 is 0. The molecular weight excluding hydrogens is 270 g/mol. The van der Waals surface area contributed by atoms with Crippen LogP contribution in [0.3, 0.4) is 0 Å². The summed E-state index contributed by atoms with van der Waals surface area (Å²) in [6.45, 7) is 1.68. The van der Waals surface area contributed by atoms with Crippen LogP contribution in [0.25, 0.3) is 0 Å². The summed E-state index contributed by atoms with van der Waals surface area (Å²) in [6, 6.07) is 2.69. The molecule has 0 aliphatic carbocycles. The Morgan fingerprint density at radius 3 is 2.29 bits per heavy atom. The average molecular weight is 283 g/mol. The van der Waals surface area contributed by atoms with Crippen molar-refractivity contribution in [2.45, 2.75) is 6.92 Å². The summed E-state index contributed by atoms with van der Waals surface area (Å²) in [7, 11) is -8.81. The SMILES string of the molecule is Cc1ccc(P(=O)(O)O)[n+](NCP(=O)(O)O)c1. The third-order valence-corrected chi connectivity index (χ3v) is 3.34. The van der Waals surface area contributed by atoms with E-state index in [-0.39, 0.29) is 5.44 Å². The van der Waals surface area contributed by atoms with Crippen molar-refractivity contribution in [1.82, 2.24) is 0 Å². The van der Waals surface area contributed by atoms with E-state index in [9.17, 15) is 9.13 Å². The van der Waals surface area contributed by atoms with E-state index in [1.54, 1.807) is 6.92 Å². The van der Waals surface area contributed by atoms with Gasteiger partial charge < -0.3 is 19.6 Å². The maximum atomic E-state index is 11.1. The minimum absolute atomic E-state index is 0.364. The molecule has 0 bridgehead atoms. The highest BCUT2D eigenvalue weighted by Crippen LogP contribution is 2.33. The molecule has 0 unspecified atom stereocenters. The molecule has 0 radical (unpaired) electrons. The van der Waals surface area contributed by atoms with Crippen LogP contribution in [0.2, 0.25) is 0 Å². The monoisotopic (exact) mass is 283 g/mol. The molecule has 96 valence electrons. The molecule has 8 nitrogen and oxygen atoms in total. The lowest BCUT2D eigenvalue weighted by Crippen LogP contribution is -2.57. The summed E-state index contributed by atoms with van der Waals surface area (Å²) < 4.78 is 22.7. The second-order valence-electron chi connectivity index (χ2n) is 3.46. The van der Waals surface area contributed by atoms with Crippen molar-refractivity contribution >= 4 is 20.6 Å². The number of aryl methyl sites for hydroxylation is 1. The highest BCUT2D eigenvalue weighted by Gasteiger charge is 2.31. The van der Waals surface area contributed by atoms with Crippen molar-refractivity contribution in [3.8, 4) is 0 Å². The van der Waals surface area contributed by atoms with Gasteiger partial charge in [0.15, 0.2) is 6.29 Å². The largest absolute Gasteiger partial charge is 0.422 e. The normalized spacial score (nSPS) is 12.5. The van der Waals surface area contributed by atoms with Gasteiger partial charge in [-0.25, -0.2) is 4.57 Å². The van der Waals surface area contributed by atoms with Gasteiger partial charge in [0.1, 0.15) is 0 Å². The number of pyridine rings is 1. The molecule has 0 saturated heterocycles. The number of hydrogen-bond donors (Lipinski definition) is 5. The van der Waals surface area contributed by atoms with Gasteiger partial charge in [-0.3, -0.25) is 4.57 Å². The highest BCUT2D eigenvalue weighted by molar-refractivity contribution is 7.59. The summed E-state index contributed by atoms with van der Waals surface area (Å²) in [5.74, 6) is 0. The lowest BCUT2D eigenvalue weighted by atomic mass is 10.3. The third-order valence-electron chi connectivity index (χ3n) is 1.82. The summed E-state index contributed by atoms with van der Waals surface area (Å²) in [5, 5.41) is 0. The summed E-state index contributed by atoms with van der Waals surface area (Å²) in [4.78, 5) is 35.5. The summed E-state index contributed by atoms with van der Waals surface area (Å²) in [6.07, 6.45) is 0.623. The molecule has 1 rings (SSSR count). The molecule has 0 amide bonds. The Bertz CT molecular complexity index is 507. The Morgan fingerprint density at radius 1 is 1.24 bits per heavy atom. The van der Waals surface area contributed by atoms with Crippen LogP contribution in [0.1, 0.15) is 5.56 Å². The standard InChI is InChI=1S/C7H12N2O6P2/c1-6-2-3-7(17(13,14)15)9(4-6)8-5-16(10,11)12/h2-4,8H,5H2,1H3,(H3-,10,11,12,13,14,15)/p+1. The fraction of sp³-hybridized carbons (Fsp3) is 0.286. The number of rotatable bonds is 4. The molecule has 1 heterocycles. The minimum atomic E-state index is -4.51. The fourth-order valence-corrected chi connectivity index (χ4v) is 2.15. The van der Waals surface area contributed by atoms with E-state index < -0.39 is 21.5 Å². The van der Waals surface area contributed by atoms with Gasteiger partial charge in [-0.15, -0.1) is 0 Å². The summed E-state index contributed by atoms with van der Waals surface area (Å²) in [5.41, 5.74) is 2.58. The Morgan fingerprint density at radius 2 is 1.82 bits per heavy atom. The molecule has 0 aliphatic rings. The predicted octanol–water partition coefficient (Wildman–Crippen LogP) is -1.24. The third kappa shape index (κ3) is 4.55. The number of aromatic nitrogens is 1. The van der Waals surface area contributed by atoms with E-state index in [1.807, 2.05) is 0 Å². The van der Waals surface area contributed by atoms with Crippen molar-refractivity contribution in [2.75, 3.05) is 11.7 Å². The van der Waals surface area contributed by atoms with Gasteiger partial charge in [-0.1, -0.05) is 4.68 Å². The minimum Gasteiger partial charge on any atom is -0.323 e. The zero-order valence-electron chi connectivity index (χ0n) is 8.89. The molecule has 0 spiro atoms. The number of nitrogens with one attached hydrogen (secondary N) is 1. The first-order chi connectivity index (χ1) is 7.59. The van der Waals surface area contributed by atoms with Crippen LogP contribution in [0, 0.1) is 6.92 Å². The second-order valence-corrected chi connectivity index (χ2v) is 6.65. The van der Waals surface area contributed by atoms with Crippen molar-refractivity contribution in [3.63, 3.8) is 0 Å². The highest BCUT2D eigenvalue weighted by atomic mass is 31.2. The quantitative estimate of drug-likeness (QED) is 0.345. The van der Waals surface area contributed by atoms with Crippen molar-refractivity contribution in [1.29, 1.82) is 0 Å². The van der Waals surface area contributed by atoms with Crippen LogP contribution < -0.4 is 15.5 Å². The molecule has 0 atom stereocenters. The van der Waals surface area contributed by atoms with Crippen LogP contribution in [0.5, 0.6) is 0 Å². The molecule has 0 fully saturated rings. The first kappa shape index (κ1) is 14.3. The Kier molecular flexibility index (Phi) is 4.09. The molecule has 5 N–H and O–H groups in total. The Balaban J connectivity index is 3.09. The topological polar surface area (TPSA) is 131 Å². The molecule has 0 aliphatic heterocycles. The van der Waals surface area contributed by atoms with Crippen LogP contribution >= 0.6 is 15.2 Å². The molecule has 17 heavy (non-hydrogen) atoms. The van der Waals surface area contributed by atoms with Gasteiger partial charge in [0, 0.05) is 11.6 Å². The molecule has 1 aromatic heterocycles. The molecule has 0 saturated carbocycles. The van der Waals surface area contributed by atoms with Crippen LogP contribution in [-0.4, -0.2) is 25.9 Å². The zero-order valence-corrected chi connectivity index (χ0v) is 10.7. The smallest absolute Gasteiger partial charge is 0.323 e. The number of nitrogens with zero attached hydrogens (tertiary/aromatic N) is 1.